The van der Waals surface area contributed by atoms with Crippen LogP contribution in [0.5, 0.6) is 0 Å². The maximum atomic E-state index is 8.65. The van der Waals surface area contributed by atoms with E-state index in [1.165, 1.54) is 0 Å². The Balaban J connectivity index is 0. The third kappa shape index (κ3) is 1480. The number of rotatable bonds is 0. The van der Waals surface area contributed by atoms with Gasteiger partial charge in [-0.25, -0.2) is 0 Å². The van der Waals surface area contributed by atoms with Gasteiger partial charge in [0.15, 0.2) is 0 Å². The van der Waals surface area contributed by atoms with Crippen molar-refractivity contribution in [2.45, 2.75) is 0 Å². The Hall–Kier alpha value is 0.168. The van der Waals surface area contributed by atoms with Crippen molar-refractivity contribution in [2.75, 3.05) is 0 Å². The van der Waals surface area contributed by atoms with E-state index >= 15 is 0 Å². The molecule has 0 rings (SSSR count). The molecule has 0 aromatic heterocycles. The Bertz CT molecular complexity index is 87.1. The van der Waals surface area contributed by atoms with E-state index in [-0.39, 0.29) is 5.48 Å². The molecule has 0 radical (unpaired) electrons. The average molecular weight is 266 g/mol. The van der Waals surface area contributed by atoms with Crippen LogP contribution in [0.15, 0.2) is 0 Å². The van der Waals surface area contributed by atoms with Crippen LogP contribution in [-0.2, 0) is 23.5 Å². The third-order valence-electron chi connectivity index (χ3n) is 0. The van der Waals surface area contributed by atoms with E-state index in [9.17, 15) is 0 Å². The first-order valence-corrected chi connectivity index (χ1v) is 5.46. The van der Waals surface area contributed by atoms with Crippen molar-refractivity contribution in [3.8, 4) is 0 Å². The second-order valence-electron chi connectivity index (χ2n) is 0.408. The van der Waals surface area contributed by atoms with Gasteiger partial charge in [0.1, 0.15) is 0 Å². The van der Waals surface area contributed by atoms with E-state index < -0.39 is 16.7 Å². The van der Waals surface area contributed by atoms with Gasteiger partial charge in [-0.1, -0.05) is 0 Å². The summed E-state index contributed by atoms with van der Waals surface area (Å²) in [7, 11) is 0. The summed E-state index contributed by atoms with van der Waals surface area (Å²) >= 11 is -6.17. The monoisotopic (exact) mass is 266 g/mol. The van der Waals surface area contributed by atoms with E-state index in [2.05, 4.69) is 0 Å². The third-order valence-corrected chi connectivity index (χ3v) is 0. The van der Waals surface area contributed by atoms with Crippen LogP contribution in [0.25, 0.3) is 0 Å². The van der Waals surface area contributed by atoms with Crippen molar-refractivity contribution in [3.63, 3.8) is 0 Å². The molecule has 0 heterocycles. The minimum atomic E-state index is -6.17. The van der Waals surface area contributed by atoms with Crippen molar-refractivity contribution < 1.29 is 36.5 Å². The van der Waals surface area contributed by atoms with Gasteiger partial charge in [-0.3, -0.25) is 0 Å². The zero-order valence-corrected chi connectivity index (χ0v) is 5.47. The second-order valence-corrected chi connectivity index (χ2v) is 3.34. The quantitative estimate of drug-likeness (QED) is 0.453. The topological polar surface area (TPSA) is 112 Å². The van der Waals surface area contributed by atoms with Crippen LogP contribution in [0, 0.1) is 0 Å². The Morgan fingerprint density at radius 2 is 1.17 bits per heavy atom. The van der Waals surface area contributed by atoms with Crippen LogP contribution in [0.2, 0.25) is 0 Å². The molecule has 0 saturated heterocycles. The fraction of sp³-hybridized carbons (Fsp3) is 0. The molecule has 6 heteroatoms. The first kappa shape index (κ1) is 9.48. The summed E-state index contributed by atoms with van der Waals surface area (Å²) in [5, 5.41) is 0. The first-order chi connectivity index (χ1) is 2.00. The molecule has 5 nitrogen and oxygen atoms in total. The Morgan fingerprint density at radius 3 is 1.17 bits per heavy atom. The second kappa shape index (κ2) is 2.36. The Labute approximate surface area is 37.3 Å². The molecule has 0 aliphatic heterocycles. The van der Waals surface area contributed by atoms with Crippen LogP contribution in [-0.4, -0.2) is 5.48 Å². The van der Waals surface area contributed by atoms with Gasteiger partial charge < -0.3 is 5.48 Å². The van der Waals surface area contributed by atoms with Crippen molar-refractivity contribution >= 4 is 0 Å². The summed E-state index contributed by atoms with van der Waals surface area (Å²) in [5.41, 5.74) is 0. The molecule has 40 valence electrons. The van der Waals surface area contributed by atoms with Gasteiger partial charge in [-0.15, -0.1) is 0 Å². The molecule has 0 fully saturated rings. The van der Waals surface area contributed by atoms with E-state index in [1.54, 1.807) is 0 Å². The van der Waals surface area contributed by atoms with Crippen molar-refractivity contribution in [3.05, 3.63) is 0 Å². The molecule has 0 aromatic rings. The molecule has 0 bridgehead atoms. The van der Waals surface area contributed by atoms with Gasteiger partial charge in [0, 0.05) is 0 Å². The van der Waals surface area contributed by atoms with Crippen LogP contribution in [0.4, 0.5) is 0 Å². The normalized spacial score (nSPS) is 9.67. The molecular weight excluding hydrogens is 264 g/mol. The molecule has 0 atom stereocenters. The van der Waals surface area contributed by atoms with Gasteiger partial charge in [0.2, 0.25) is 0 Å². The molecule has 0 aromatic carbocycles. The molecule has 0 aliphatic rings. The molecule has 0 aliphatic carbocycles. The number of hydrogen-bond donors (Lipinski definition) is 0. The summed E-state index contributed by atoms with van der Waals surface area (Å²) in [6, 6.07) is 0. The van der Waals surface area contributed by atoms with Gasteiger partial charge >= 0.3 is 31.1 Å². The molecule has 0 saturated carbocycles. The van der Waals surface area contributed by atoms with Crippen molar-refractivity contribution in [2.24, 2.45) is 0 Å². The SMILES string of the molecule is O.[O]=[W](=[O])([O-])[O-]. The van der Waals surface area contributed by atoms with Crippen LogP contribution < -0.4 is 7.52 Å². The molecule has 0 amide bonds. The molecule has 6 heavy (non-hydrogen) atoms. The summed E-state index contributed by atoms with van der Waals surface area (Å²) < 4.78 is 34.6. The molecule has 0 unspecified atom stereocenters. The zero-order chi connectivity index (χ0) is 4.50. The van der Waals surface area contributed by atoms with Crippen molar-refractivity contribution in [1.82, 2.24) is 0 Å². The summed E-state index contributed by atoms with van der Waals surface area (Å²) in [6.07, 6.45) is 0. The number of hydrogen-bond acceptors (Lipinski definition) is 4. The average Bonchev–Trinajstić information content (AvgIpc) is 0.722. The predicted molar refractivity (Wildman–Crippen MR) is 4.99 cm³/mol. The summed E-state index contributed by atoms with van der Waals surface area (Å²) in [5.74, 6) is 0. The van der Waals surface area contributed by atoms with Crippen LogP contribution in [0.3, 0.4) is 0 Å². The molecular formula is H2O5W-2. The van der Waals surface area contributed by atoms with Crippen LogP contribution in [0.1, 0.15) is 0 Å². The van der Waals surface area contributed by atoms with E-state index in [0.717, 1.165) is 0 Å². The molecule has 0 spiro atoms. The van der Waals surface area contributed by atoms with Crippen molar-refractivity contribution in [1.29, 1.82) is 0 Å². The fourth-order valence-electron chi connectivity index (χ4n) is 0. The van der Waals surface area contributed by atoms with Gasteiger partial charge in [0.25, 0.3) is 0 Å². The predicted octanol–water partition coefficient (Wildman–Crippen LogP) is -3.44. The van der Waals surface area contributed by atoms with Gasteiger partial charge in [-0.05, 0) is 0 Å². The van der Waals surface area contributed by atoms with Gasteiger partial charge in [0.05, 0.1) is 0 Å². The van der Waals surface area contributed by atoms with E-state index in [1.807, 2.05) is 0 Å². The summed E-state index contributed by atoms with van der Waals surface area (Å²) in [6.45, 7) is 0. The Kier molecular flexibility index (Phi) is 3.73. The summed E-state index contributed by atoms with van der Waals surface area (Å²) in [4.78, 5) is 0. The first-order valence-electron chi connectivity index (χ1n) is 0.667. The van der Waals surface area contributed by atoms with E-state index in [0.29, 0.717) is 0 Å². The Morgan fingerprint density at radius 1 is 1.17 bits per heavy atom. The standard InChI is InChI=1S/H2O.4O.W/h1H2;;;;;/q;;;2*-1;. The maximum absolute atomic E-state index is 8.65. The van der Waals surface area contributed by atoms with E-state index in [4.69, 9.17) is 14.3 Å². The van der Waals surface area contributed by atoms with Crippen LogP contribution >= 0.6 is 0 Å². The minimum absolute atomic E-state index is 0. The zero-order valence-electron chi connectivity index (χ0n) is 2.54. The molecule has 2 N–H and O–H groups in total. The fourth-order valence-corrected chi connectivity index (χ4v) is 0. The van der Waals surface area contributed by atoms with Gasteiger partial charge in [-0.2, -0.15) is 0 Å².